The fourth-order valence-corrected chi connectivity index (χ4v) is 9.02. The highest BCUT2D eigenvalue weighted by atomic mass is 32.2. The Kier molecular flexibility index (Phi) is 7.33. The summed E-state index contributed by atoms with van der Waals surface area (Å²) in [6, 6.07) is 0. The average molecular weight is 451 g/mol. The first-order valence-corrected chi connectivity index (χ1v) is 13.8. The second-order valence-corrected chi connectivity index (χ2v) is 13.6. The molecular formula is C19H38N4O4S2. The molecule has 0 aromatic carbocycles. The van der Waals surface area contributed by atoms with Gasteiger partial charge in [0.15, 0.2) is 0 Å². The zero-order valence-electron chi connectivity index (χ0n) is 18.3. The third kappa shape index (κ3) is 5.33. The molecule has 0 N–H and O–H groups in total. The van der Waals surface area contributed by atoms with Crippen molar-refractivity contribution in [2.45, 2.75) is 47.0 Å². The van der Waals surface area contributed by atoms with E-state index in [1.54, 1.807) is 8.61 Å². The molecule has 3 aliphatic rings. The monoisotopic (exact) mass is 450 g/mol. The van der Waals surface area contributed by atoms with Crippen LogP contribution in [0.25, 0.3) is 0 Å². The minimum Gasteiger partial charge on any atom is -0.195 e. The third-order valence-electron chi connectivity index (χ3n) is 6.39. The number of hydrogen-bond donors (Lipinski definition) is 0. The zero-order chi connectivity index (χ0) is 21.4. The molecule has 0 amide bonds. The second kappa shape index (κ2) is 9.08. The van der Waals surface area contributed by atoms with Crippen molar-refractivity contribution < 1.29 is 16.8 Å². The topological polar surface area (TPSA) is 81.2 Å². The third-order valence-corrected chi connectivity index (χ3v) is 10.3. The Balaban J connectivity index is 1.68. The molecule has 4 atom stereocenters. The summed E-state index contributed by atoms with van der Waals surface area (Å²) in [5.41, 5.74) is 0. The summed E-state index contributed by atoms with van der Waals surface area (Å²) in [6.45, 7) is 11.8. The lowest BCUT2D eigenvalue weighted by atomic mass is 9.94. The SMILES string of the molecule is C[C@@H]1C[C@@H](C)CN(S(=O)(=O)N2CCCN(S(=O)(=O)N3C[C@H](C)C[C@H](C)C3)CC2)C1. The first-order valence-electron chi connectivity index (χ1n) is 11.0. The highest BCUT2D eigenvalue weighted by Crippen LogP contribution is 2.27. The van der Waals surface area contributed by atoms with E-state index < -0.39 is 20.4 Å². The van der Waals surface area contributed by atoms with Gasteiger partial charge in [0.25, 0.3) is 20.4 Å². The van der Waals surface area contributed by atoms with Gasteiger partial charge in [-0.05, 0) is 42.9 Å². The van der Waals surface area contributed by atoms with Crippen molar-refractivity contribution in [1.29, 1.82) is 0 Å². The number of nitrogens with zero attached hydrogens (tertiary/aromatic N) is 4. The van der Waals surface area contributed by atoms with E-state index in [0.717, 1.165) is 12.8 Å². The Hall–Kier alpha value is -0.260. The summed E-state index contributed by atoms with van der Waals surface area (Å²) in [5, 5.41) is 0. The van der Waals surface area contributed by atoms with Crippen LogP contribution in [0.15, 0.2) is 0 Å². The molecule has 0 saturated carbocycles. The quantitative estimate of drug-likeness (QED) is 0.649. The molecule has 0 bridgehead atoms. The van der Waals surface area contributed by atoms with E-state index in [1.807, 2.05) is 0 Å². The molecule has 3 saturated heterocycles. The summed E-state index contributed by atoms with van der Waals surface area (Å²) in [6.07, 6.45) is 2.62. The van der Waals surface area contributed by atoms with Crippen LogP contribution in [-0.4, -0.2) is 86.4 Å². The Morgan fingerprint density at radius 1 is 0.517 bits per heavy atom. The van der Waals surface area contributed by atoms with Gasteiger partial charge in [-0.25, -0.2) is 0 Å². The number of hydrogen-bond acceptors (Lipinski definition) is 4. The van der Waals surface area contributed by atoms with Crippen LogP contribution in [0.3, 0.4) is 0 Å². The molecule has 3 fully saturated rings. The van der Waals surface area contributed by atoms with E-state index >= 15 is 0 Å². The van der Waals surface area contributed by atoms with E-state index in [4.69, 9.17) is 0 Å². The number of rotatable bonds is 4. The van der Waals surface area contributed by atoms with E-state index in [2.05, 4.69) is 27.7 Å². The summed E-state index contributed by atoms with van der Waals surface area (Å²) in [5.74, 6) is 1.39. The van der Waals surface area contributed by atoms with Gasteiger partial charge in [-0.3, -0.25) is 0 Å². The van der Waals surface area contributed by atoms with Gasteiger partial charge in [0.05, 0.1) is 0 Å². The van der Waals surface area contributed by atoms with Gasteiger partial charge in [0.1, 0.15) is 0 Å². The van der Waals surface area contributed by atoms with Crippen LogP contribution in [0.4, 0.5) is 0 Å². The standard InChI is InChI=1S/C19H38N4O4S2/c1-16-10-17(2)13-22(12-16)28(24,25)20-6-5-7-21(9-8-20)29(26,27)23-14-18(3)11-19(4)15-23/h16-19H,5-15H2,1-4H3/t16-,17-,18-,19+/m1/s1. The Morgan fingerprint density at radius 2 is 0.828 bits per heavy atom. The largest absolute Gasteiger partial charge is 0.282 e. The lowest BCUT2D eigenvalue weighted by Gasteiger charge is -2.37. The minimum atomic E-state index is -3.55. The fourth-order valence-electron chi connectivity index (χ4n) is 5.25. The molecule has 0 aromatic rings. The van der Waals surface area contributed by atoms with Crippen molar-refractivity contribution in [3.05, 3.63) is 0 Å². The average Bonchev–Trinajstić information content (AvgIpc) is 2.87. The van der Waals surface area contributed by atoms with Gasteiger partial charge in [-0.1, -0.05) is 27.7 Å². The van der Waals surface area contributed by atoms with Crippen molar-refractivity contribution >= 4 is 20.4 Å². The van der Waals surface area contributed by atoms with Crippen LogP contribution in [0.1, 0.15) is 47.0 Å². The van der Waals surface area contributed by atoms with Crippen LogP contribution in [0.5, 0.6) is 0 Å². The molecule has 0 aliphatic carbocycles. The van der Waals surface area contributed by atoms with E-state index in [9.17, 15) is 16.8 Å². The minimum absolute atomic E-state index is 0.222. The molecule has 0 unspecified atom stereocenters. The molecule has 0 radical (unpaired) electrons. The molecule has 29 heavy (non-hydrogen) atoms. The lowest BCUT2D eigenvalue weighted by Crippen LogP contribution is -2.52. The predicted octanol–water partition coefficient (Wildman–Crippen LogP) is 1.44. The molecular weight excluding hydrogens is 412 g/mol. The van der Waals surface area contributed by atoms with Crippen molar-refractivity contribution in [2.75, 3.05) is 52.4 Å². The van der Waals surface area contributed by atoms with Gasteiger partial charge >= 0.3 is 0 Å². The molecule has 0 aromatic heterocycles. The summed E-state index contributed by atoms with van der Waals surface area (Å²) < 4.78 is 59.0. The highest BCUT2D eigenvalue weighted by molar-refractivity contribution is 7.87. The van der Waals surface area contributed by atoms with Crippen molar-refractivity contribution in [3.8, 4) is 0 Å². The maximum atomic E-state index is 13.2. The second-order valence-electron chi connectivity index (χ2n) is 9.69. The Labute approximate surface area is 177 Å². The van der Waals surface area contributed by atoms with Crippen LogP contribution in [0, 0.1) is 23.7 Å². The highest BCUT2D eigenvalue weighted by Gasteiger charge is 2.39. The summed E-state index contributed by atoms with van der Waals surface area (Å²) in [4.78, 5) is 0. The van der Waals surface area contributed by atoms with Gasteiger partial charge in [-0.15, -0.1) is 0 Å². The maximum Gasteiger partial charge on any atom is 0.282 e. The molecule has 170 valence electrons. The first kappa shape index (κ1) is 23.4. The van der Waals surface area contributed by atoms with Gasteiger partial charge < -0.3 is 0 Å². The van der Waals surface area contributed by atoms with Crippen LogP contribution >= 0.6 is 0 Å². The van der Waals surface area contributed by atoms with Crippen LogP contribution in [-0.2, 0) is 20.4 Å². The van der Waals surface area contributed by atoms with Crippen molar-refractivity contribution in [3.63, 3.8) is 0 Å². The van der Waals surface area contributed by atoms with Crippen molar-refractivity contribution in [1.82, 2.24) is 17.2 Å². The predicted molar refractivity (Wildman–Crippen MR) is 115 cm³/mol. The van der Waals surface area contributed by atoms with Crippen LogP contribution < -0.4 is 0 Å². The smallest absolute Gasteiger partial charge is 0.195 e. The summed E-state index contributed by atoms with van der Waals surface area (Å²) in [7, 11) is -7.11. The zero-order valence-corrected chi connectivity index (χ0v) is 20.0. The molecule has 3 rings (SSSR count). The van der Waals surface area contributed by atoms with Crippen LogP contribution in [0.2, 0.25) is 0 Å². The maximum absolute atomic E-state index is 13.2. The fraction of sp³-hybridized carbons (Fsp3) is 1.00. The Morgan fingerprint density at radius 3 is 1.14 bits per heavy atom. The van der Waals surface area contributed by atoms with Gasteiger partial charge in [0, 0.05) is 52.4 Å². The lowest BCUT2D eigenvalue weighted by molar-refractivity contribution is 0.206. The van der Waals surface area contributed by atoms with E-state index in [1.165, 1.54) is 8.61 Å². The van der Waals surface area contributed by atoms with Gasteiger partial charge in [-0.2, -0.15) is 34.1 Å². The number of piperidine rings is 2. The molecule has 8 nitrogen and oxygen atoms in total. The Bertz CT molecular complexity index is 689. The van der Waals surface area contributed by atoms with E-state index in [-0.39, 0.29) is 13.1 Å². The molecule has 10 heteroatoms. The first-order chi connectivity index (χ1) is 13.5. The summed E-state index contributed by atoms with van der Waals surface area (Å²) >= 11 is 0. The normalized spacial score (nSPS) is 35.4. The molecule has 0 spiro atoms. The molecule has 3 aliphatic heterocycles. The van der Waals surface area contributed by atoms with Gasteiger partial charge in [0.2, 0.25) is 0 Å². The van der Waals surface area contributed by atoms with E-state index in [0.29, 0.717) is 69.4 Å². The van der Waals surface area contributed by atoms with Crippen molar-refractivity contribution in [2.24, 2.45) is 23.7 Å². The molecule has 3 heterocycles.